The first-order chi connectivity index (χ1) is 6.85. The predicted molar refractivity (Wildman–Crippen MR) is 57.3 cm³/mol. The van der Waals surface area contributed by atoms with E-state index >= 15 is 0 Å². The Bertz CT molecular complexity index is 299. The van der Waals surface area contributed by atoms with Gasteiger partial charge < -0.3 is 5.32 Å². The average molecular weight is 193 g/mol. The largest absolute Gasteiger partial charge is 0.316 e. The second-order valence-corrected chi connectivity index (χ2v) is 4.11. The molecule has 1 aromatic rings. The van der Waals surface area contributed by atoms with Crippen LogP contribution >= 0.6 is 0 Å². The molecule has 2 rings (SSSR count). The van der Waals surface area contributed by atoms with Gasteiger partial charge in [0.25, 0.3) is 0 Å². The van der Waals surface area contributed by atoms with Crippen molar-refractivity contribution in [3.63, 3.8) is 0 Å². The molecule has 0 spiro atoms. The lowest BCUT2D eigenvalue weighted by Crippen LogP contribution is -2.05. The van der Waals surface area contributed by atoms with Gasteiger partial charge in [-0.25, -0.2) is 0 Å². The van der Waals surface area contributed by atoms with Crippen molar-refractivity contribution in [1.82, 2.24) is 15.1 Å². The first-order valence-electron chi connectivity index (χ1n) is 5.56. The highest BCUT2D eigenvalue weighted by atomic mass is 15.3. The van der Waals surface area contributed by atoms with Crippen LogP contribution in [0, 0.1) is 0 Å². The molecular formula is C11H19N3. The van der Waals surface area contributed by atoms with Crippen LogP contribution in [0.25, 0.3) is 0 Å². The van der Waals surface area contributed by atoms with Crippen LogP contribution in [0.4, 0.5) is 0 Å². The number of nitrogens with one attached hydrogen (secondary N) is 1. The van der Waals surface area contributed by atoms with Gasteiger partial charge in [0.15, 0.2) is 0 Å². The topological polar surface area (TPSA) is 29.9 Å². The number of hydrogen-bond donors (Lipinski definition) is 1. The molecular weight excluding hydrogens is 174 g/mol. The normalized spacial score (nSPS) is 16.1. The fourth-order valence-electron chi connectivity index (χ4n) is 1.85. The van der Waals surface area contributed by atoms with Gasteiger partial charge >= 0.3 is 0 Å². The van der Waals surface area contributed by atoms with Crippen LogP contribution in [-0.2, 0) is 13.1 Å². The van der Waals surface area contributed by atoms with E-state index in [4.69, 9.17) is 0 Å². The Kier molecular flexibility index (Phi) is 2.87. The maximum Gasteiger partial charge on any atom is 0.0700 e. The molecule has 1 N–H and O–H groups in total. The van der Waals surface area contributed by atoms with E-state index in [1.807, 2.05) is 7.05 Å². The molecule has 1 saturated carbocycles. The minimum Gasteiger partial charge on any atom is -0.316 e. The van der Waals surface area contributed by atoms with Crippen molar-refractivity contribution >= 4 is 0 Å². The van der Waals surface area contributed by atoms with Crippen LogP contribution in [0.5, 0.6) is 0 Å². The minimum atomic E-state index is 0.761. The molecule has 1 aromatic heterocycles. The summed E-state index contributed by atoms with van der Waals surface area (Å²) < 4.78 is 2.10. The highest BCUT2D eigenvalue weighted by Crippen LogP contribution is 2.40. The molecule has 0 amide bonds. The first kappa shape index (κ1) is 9.71. The van der Waals surface area contributed by atoms with E-state index in [9.17, 15) is 0 Å². The Balaban J connectivity index is 2.16. The van der Waals surface area contributed by atoms with Crippen LogP contribution in [0.2, 0.25) is 0 Å². The molecule has 1 heterocycles. The SMILES string of the molecule is CCCn1cc(CNC)c(C2CC2)n1. The fourth-order valence-corrected chi connectivity index (χ4v) is 1.85. The van der Waals surface area contributed by atoms with E-state index in [1.54, 1.807) is 0 Å². The molecule has 0 aromatic carbocycles. The van der Waals surface area contributed by atoms with Crippen molar-refractivity contribution in [1.29, 1.82) is 0 Å². The molecule has 3 nitrogen and oxygen atoms in total. The Hall–Kier alpha value is -0.830. The molecule has 1 aliphatic carbocycles. The summed E-state index contributed by atoms with van der Waals surface area (Å²) in [5.74, 6) is 0.761. The maximum absolute atomic E-state index is 4.66. The average Bonchev–Trinajstić information content (AvgIpc) is 2.92. The molecule has 0 atom stereocenters. The predicted octanol–water partition coefficient (Wildman–Crippen LogP) is 1.89. The lowest BCUT2D eigenvalue weighted by atomic mass is 10.2. The molecule has 3 heteroatoms. The summed E-state index contributed by atoms with van der Waals surface area (Å²) in [7, 11) is 1.99. The summed E-state index contributed by atoms with van der Waals surface area (Å²) >= 11 is 0. The second-order valence-electron chi connectivity index (χ2n) is 4.11. The van der Waals surface area contributed by atoms with Gasteiger partial charge in [0, 0.05) is 30.8 Å². The van der Waals surface area contributed by atoms with Gasteiger partial charge in [-0.05, 0) is 26.3 Å². The second kappa shape index (κ2) is 4.13. The van der Waals surface area contributed by atoms with Crippen LogP contribution in [0.15, 0.2) is 6.20 Å². The number of nitrogens with zero attached hydrogens (tertiary/aromatic N) is 2. The van der Waals surface area contributed by atoms with Gasteiger partial charge in [-0.1, -0.05) is 6.92 Å². The molecule has 1 fully saturated rings. The smallest absolute Gasteiger partial charge is 0.0700 e. The fraction of sp³-hybridized carbons (Fsp3) is 0.727. The lowest BCUT2D eigenvalue weighted by Gasteiger charge is -1.97. The van der Waals surface area contributed by atoms with Crippen molar-refractivity contribution in [3.05, 3.63) is 17.5 Å². The van der Waals surface area contributed by atoms with E-state index < -0.39 is 0 Å². The summed E-state index contributed by atoms with van der Waals surface area (Å²) in [6.07, 6.45) is 6.03. The van der Waals surface area contributed by atoms with E-state index in [0.717, 1.165) is 25.4 Å². The van der Waals surface area contributed by atoms with Crippen molar-refractivity contribution in [2.45, 2.75) is 45.2 Å². The Morgan fingerprint density at radius 2 is 2.36 bits per heavy atom. The molecule has 1 aliphatic rings. The van der Waals surface area contributed by atoms with Crippen LogP contribution in [-0.4, -0.2) is 16.8 Å². The van der Waals surface area contributed by atoms with Gasteiger partial charge in [0.2, 0.25) is 0 Å². The van der Waals surface area contributed by atoms with E-state index in [0.29, 0.717) is 0 Å². The monoisotopic (exact) mass is 193 g/mol. The van der Waals surface area contributed by atoms with E-state index in [-0.39, 0.29) is 0 Å². The maximum atomic E-state index is 4.66. The minimum absolute atomic E-state index is 0.761. The summed E-state index contributed by atoms with van der Waals surface area (Å²) in [4.78, 5) is 0. The van der Waals surface area contributed by atoms with Gasteiger partial charge in [-0.2, -0.15) is 5.10 Å². The zero-order chi connectivity index (χ0) is 9.97. The number of rotatable bonds is 5. The summed E-state index contributed by atoms with van der Waals surface area (Å²) in [6.45, 7) is 4.19. The zero-order valence-electron chi connectivity index (χ0n) is 9.08. The third-order valence-corrected chi connectivity index (χ3v) is 2.65. The number of aryl methyl sites for hydroxylation is 1. The Morgan fingerprint density at radius 3 is 2.93 bits per heavy atom. The molecule has 0 aliphatic heterocycles. The first-order valence-corrected chi connectivity index (χ1v) is 5.56. The van der Waals surface area contributed by atoms with Crippen LogP contribution < -0.4 is 5.32 Å². The summed E-state index contributed by atoms with van der Waals surface area (Å²) in [5.41, 5.74) is 2.73. The van der Waals surface area contributed by atoms with Crippen molar-refractivity contribution in [2.75, 3.05) is 7.05 Å². The van der Waals surface area contributed by atoms with Gasteiger partial charge in [-0.15, -0.1) is 0 Å². The molecule has 78 valence electrons. The van der Waals surface area contributed by atoms with Crippen molar-refractivity contribution < 1.29 is 0 Å². The lowest BCUT2D eigenvalue weighted by molar-refractivity contribution is 0.594. The molecule has 0 unspecified atom stereocenters. The standard InChI is InChI=1S/C11H19N3/c1-3-6-14-8-10(7-12-2)11(13-14)9-4-5-9/h8-9,12H,3-7H2,1-2H3. The van der Waals surface area contributed by atoms with Gasteiger partial charge in [-0.3, -0.25) is 4.68 Å². The molecule has 0 saturated heterocycles. The van der Waals surface area contributed by atoms with E-state index in [2.05, 4.69) is 28.2 Å². The summed E-state index contributed by atoms with van der Waals surface area (Å²) in [6, 6.07) is 0. The number of hydrogen-bond acceptors (Lipinski definition) is 2. The van der Waals surface area contributed by atoms with Crippen LogP contribution in [0.1, 0.15) is 43.4 Å². The third kappa shape index (κ3) is 1.98. The Morgan fingerprint density at radius 1 is 1.57 bits per heavy atom. The third-order valence-electron chi connectivity index (χ3n) is 2.65. The van der Waals surface area contributed by atoms with Crippen molar-refractivity contribution in [3.8, 4) is 0 Å². The molecule has 0 radical (unpaired) electrons. The van der Waals surface area contributed by atoms with Crippen molar-refractivity contribution in [2.24, 2.45) is 0 Å². The Labute approximate surface area is 85.5 Å². The number of aromatic nitrogens is 2. The van der Waals surface area contributed by atoms with E-state index in [1.165, 1.54) is 24.1 Å². The zero-order valence-corrected chi connectivity index (χ0v) is 9.08. The quantitative estimate of drug-likeness (QED) is 0.774. The van der Waals surface area contributed by atoms with Gasteiger partial charge in [0.1, 0.15) is 0 Å². The molecule has 14 heavy (non-hydrogen) atoms. The van der Waals surface area contributed by atoms with Crippen LogP contribution in [0.3, 0.4) is 0 Å². The van der Waals surface area contributed by atoms with Gasteiger partial charge in [0.05, 0.1) is 5.69 Å². The summed E-state index contributed by atoms with van der Waals surface area (Å²) in [5, 5.41) is 7.87. The highest BCUT2D eigenvalue weighted by molar-refractivity contribution is 5.24. The highest BCUT2D eigenvalue weighted by Gasteiger charge is 2.28. The molecule has 0 bridgehead atoms.